The Balaban J connectivity index is 2.19. The molecule has 2 rings (SSSR count). The highest BCUT2D eigenvalue weighted by Gasteiger charge is 2.10. The molecule has 0 aliphatic carbocycles. The lowest BCUT2D eigenvalue weighted by Gasteiger charge is -2.05. The molecule has 0 amide bonds. The van der Waals surface area contributed by atoms with Crippen LogP contribution in [0.5, 0.6) is 5.75 Å². The van der Waals surface area contributed by atoms with E-state index in [4.69, 9.17) is 21.4 Å². The summed E-state index contributed by atoms with van der Waals surface area (Å²) < 4.78 is 5.09. The van der Waals surface area contributed by atoms with Crippen LogP contribution in [0.25, 0.3) is 0 Å². The monoisotopic (exact) mass is 276 g/mol. The lowest BCUT2D eigenvalue weighted by Crippen LogP contribution is -2.09. The zero-order chi connectivity index (χ0) is 13.8. The van der Waals surface area contributed by atoms with Crippen LogP contribution in [-0.4, -0.2) is 17.0 Å². The number of hydrogen-bond donors (Lipinski definition) is 1. The topological polar surface area (TPSA) is 63.6 Å². The minimum atomic E-state index is -1.08. The molecule has 0 atom stereocenters. The Morgan fingerprint density at radius 2 is 1.68 bits per heavy atom. The zero-order valence-electron chi connectivity index (χ0n) is 9.67. The Labute approximate surface area is 114 Å². The van der Waals surface area contributed by atoms with Crippen molar-refractivity contribution < 1.29 is 19.4 Å². The summed E-state index contributed by atoms with van der Waals surface area (Å²) in [7, 11) is 0. The van der Waals surface area contributed by atoms with Gasteiger partial charge < -0.3 is 9.84 Å². The number of halogens is 1. The van der Waals surface area contributed by atoms with Gasteiger partial charge in [-0.3, -0.25) is 0 Å². The van der Waals surface area contributed by atoms with Crippen molar-refractivity contribution in [2.24, 2.45) is 0 Å². The van der Waals surface area contributed by atoms with Gasteiger partial charge in [0, 0.05) is 5.02 Å². The van der Waals surface area contributed by atoms with E-state index < -0.39 is 11.9 Å². The number of benzene rings is 2. The molecule has 0 spiro atoms. The maximum absolute atomic E-state index is 11.8. The summed E-state index contributed by atoms with van der Waals surface area (Å²) >= 11 is 5.77. The van der Waals surface area contributed by atoms with Gasteiger partial charge >= 0.3 is 11.9 Å². The van der Waals surface area contributed by atoms with Crippen molar-refractivity contribution >= 4 is 23.5 Å². The van der Waals surface area contributed by atoms with Gasteiger partial charge in [-0.15, -0.1) is 0 Å². The molecule has 2 aromatic carbocycles. The number of aromatic carboxylic acids is 1. The highest BCUT2D eigenvalue weighted by molar-refractivity contribution is 6.30. The molecule has 0 saturated carbocycles. The van der Waals surface area contributed by atoms with Gasteiger partial charge in [0.05, 0.1) is 11.1 Å². The maximum Gasteiger partial charge on any atom is 0.343 e. The Morgan fingerprint density at radius 3 is 2.37 bits per heavy atom. The molecule has 2 aromatic rings. The Hall–Kier alpha value is -2.33. The van der Waals surface area contributed by atoms with Crippen molar-refractivity contribution in [2.75, 3.05) is 0 Å². The number of rotatable bonds is 3. The molecule has 0 aromatic heterocycles. The molecule has 0 aliphatic rings. The molecule has 0 saturated heterocycles. The average Bonchev–Trinajstić information content (AvgIpc) is 2.39. The standard InChI is InChI=1S/C14H9ClO4/c15-11-5-1-4-10(7-11)14(18)19-12-6-2-3-9(8-12)13(16)17/h1-8H,(H,16,17). The molecule has 0 bridgehead atoms. The fourth-order valence-corrected chi connectivity index (χ4v) is 1.66. The fraction of sp³-hybridized carbons (Fsp3) is 0. The van der Waals surface area contributed by atoms with E-state index in [2.05, 4.69) is 0 Å². The minimum absolute atomic E-state index is 0.0522. The van der Waals surface area contributed by atoms with Crippen LogP contribution in [-0.2, 0) is 0 Å². The smallest absolute Gasteiger partial charge is 0.343 e. The number of carboxylic acids is 1. The van der Waals surface area contributed by atoms with Gasteiger partial charge in [-0.2, -0.15) is 0 Å². The zero-order valence-corrected chi connectivity index (χ0v) is 10.4. The normalized spacial score (nSPS) is 9.95. The van der Waals surface area contributed by atoms with Crippen LogP contribution in [0.3, 0.4) is 0 Å². The Bertz CT molecular complexity index is 637. The molecule has 0 aliphatic heterocycles. The second kappa shape index (κ2) is 5.54. The molecule has 96 valence electrons. The van der Waals surface area contributed by atoms with Gasteiger partial charge in [0.1, 0.15) is 5.75 Å². The summed E-state index contributed by atoms with van der Waals surface area (Å²) in [6.45, 7) is 0. The van der Waals surface area contributed by atoms with Crippen LogP contribution in [0.4, 0.5) is 0 Å². The molecule has 0 radical (unpaired) electrons. The van der Waals surface area contributed by atoms with Crippen molar-refractivity contribution in [3.63, 3.8) is 0 Å². The van der Waals surface area contributed by atoms with Gasteiger partial charge in [0.25, 0.3) is 0 Å². The first-order valence-corrected chi connectivity index (χ1v) is 5.75. The van der Waals surface area contributed by atoms with Crippen molar-refractivity contribution in [2.45, 2.75) is 0 Å². The predicted octanol–water partition coefficient (Wildman–Crippen LogP) is 3.26. The van der Waals surface area contributed by atoms with E-state index in [1.54, 1.807) is 18.2 Å². The van der Waals surface area contributed by atoms with Crippen LogP contribution < -0.4 is 4.74 Å². The van der Waals surface area contributed by atoms with E-state index in [1.807, 2.05) is 0 Å². The lowest BCUT2D eigenvalue weighted by molar-refractivity contribution is 0.0687. The van der Waals surface area contributed by atoms with E-state index in [0.717, 1.165) is 0 Å². The number of carboxylic acid groups (broad SMARTS) is 1. The summed E-state index contributed by atoms with van der Waals surface area (Å²) in [5, 5.41) is 9.26. The number of ether oxygens (including phenoxy) is 1. The Kier molecular flexibility index (Phi) is 3.82. The van der Waals surface area contributed by atoms with Crippen LogP contribution in [0, 0.1) is 0 Å². The second-order valence-electron chi connectivity index (χ2n) is 3.73. The molecule has 0 unspecified atom stereocenters. The van der Waals surface area contributed by atoms with E-state index in [1.165, 1.54) is 30.3 Å². The van der Waals surface area contributed by atoms with Gasteiger partial charge in [-0.25, -0.2) is 9.59 Å². The van der Waals surface area contributed by atoms with Crippen LogP contribution in [0.15, 0.2) is 48.5 Å². The molecular weight excluding hydrogens is 268 g/mol. The van der Waals surface area contributed by atoms with Crippen molar-refractivity contribution in [3.8, 4) is 5.75 Å². The molecule has 1 N–H and O–H groups in total. The SMILES string of the molecule is O=C(O)c1cccc(OC(=O)c2cccc(Cl)c2)c1. The number of esters is 1. The molecule has 19 heavy (non-hydrogen) atoms. The third kappa shape index (κ3) is 3.33. The van der Waals surface area contributed by atoms with E-state index in [0.29, 0.717) is 10.6 Å². The summed E-state index contributed by atoms with van der Waals surface area (Å²) in [5.74, 6) is -1.50. The predicted molar refractivity (Wildman–Crippen MR) is 69.8 cm³/mol. The molecule has 0 fully saturated rings. The summed E-state index contributed by atoms with van der Waals surface area (Å²) in [6.07, 6.45) is 0. The first-order chi connectivity index (χ1) is 9.06. The van der Waals surface area contributed by atoms with Crippen LogP contribution in [0.1, 0.15) is 20.7 Å². The quantitative estimate of drug-likeness (QED) is 0.690. The molecule has 4 nitrogen and oxygen atoms in total. The highest BCUT2D eigenvalue weighted by atomic mass is 35.5. The minimum Gasteiger partial charge on any atom is -0.478 e. The first kappa shape index (κ1) is 13.1. The van der Waals surface area contributed by atoms with Gasteiger partial charge in [0.2, 0.25) is 0 Å². The van der Waals surface area contributed by atoms with Crippen molar-refractivity contribution in [1.82, 2.24) is 0 Å². The summed E-state index contributed by atoms with van der Waals surface area (Å²) in [5.41, 5.74) is 0.352. The summed E-state index contributed by atoms with van der Waals surface area (Å²) in [6, 6.07) is 12.0. The van der Waals surface area contributed by atoms with E-state index in [-0.39, 0.29) is 11.3 Å². The number of carbonyl (C=O) groups excluding carboxylic acids is 1. The molecule has 5 heteroatoms. The van der Waals surface area contributed by atoms with Crippen molar-refractivity contribution in [3.05, 3.63) is 64.7 Å². The Morgan fingerprint density at radius 1 is 1.00 bits per heavy atom. The highest BCUT2D eigenvalue weighted by Crippen LogP contribution is 2.17. The fourth-order valence-electron chi connectivity index (χ4n) is 1.47. The number of carbonyl (C=O) groups is 2. The summed E-state index contributed by atoms with van der Waals surface area (Å²) in [4.78, 5) is 22.6. The second-order valence-corrected chi connectivity index (χ2v) is 4.17. The lowest BCUT2D eigenvalue weighted by atomic mass is 10.2. The van der Waals surface area contributed by atoms with E-state index >= 15 is 0 Å². The number of hydrogen-bond acceptors (Lipinski definition) is 3. The maximum atomic E-state index is 11.8. The van der Waals surface area contributed by atoms with E-state index in [9.17, 15) is 9.59 Å². The third-order valence-corrected chi connectivity index (χ3v) is 2.59. The van der Waals surface area contributed by atoms with Gasteiger partial charge in [0.15, 0.2) is 0 Å². The van der Waals surface area contributed by atoms with Crippen LogP contribution >= 0.6 is 11.6 Å². The molecular formula is C14H9ClO4. The molecule has 0 heterocycles. The van der Waals surface area contributed by atoms with Gasteiger partial charge in [-0.05, 0) is 36.4 Å². The third-order valence-electron chi connectivity index (χ3n) is 2.35. The van der Waals surface area contributed by atoms with Crippen LogP contribution in [0.2, 0.25) is 5.02 Å². The van der Waals surface area contributed by atoms with Gasteiger partial charge in [-0.1, -0.05) is 23.7 Å². The van der Waals surface area contributed by atoms with Crippen molar-refractivity contribution in [1.29, 1.82) is 0 Å². The first-order valence-electron chi connectivity index (χ1n) is 5.37. The largest absolute Gasteiger partial charge is 0.478 e. The average molecular weight is 277 g/mol.